The quantitative estimate of drug-likeness (QED) is 0.837. The molecule has 0 fully saturated rings. The Labute approximate surface area is 94.4 Å². The Morgan fingerprint density at radius 2 is 2.38 bits per heavy atom. The number of carboxylic acids is 1. The van der Waals surface area contributed by atoms with Crippen molar-refractivity contribution < 1.29 is 18.8 Å². The van der Waals surface area contributed by atoms with Crippen LogP contribution in [0.15, 0.2) is 21.7 Å². The van der Waals surface area contributed by atoms with Crippen LogP contribution in [-0.4, -0.2) is 22.0 Å². The van der Waals surface area contributed by atoms with E-state index in [0.29, 0.717) is 10.8 Å². The third-order valence-corrected chi connectivity index (χ3v) is 2.89. The van der Waals surface area contributed by atoms with Gasteiger partial charge in [0, 0.05) is 0 Å². The third kappa shape index (κ3) is 1.65. The fourth-order valence-electron chi connectivity index (χ4n) is 1.43. The van der Waals surface area contributed by atoms with Crippen molar-refractivity contribution in [1.29, 1.82) is 0 Å². The van der Waals surface area contributed by atoms with Crippen molar-refractivity contribution in [3.8, 4) is 0 Å². The summed E-state index contributed by atoms with van der Waals surface area (Å²) in [5.74, 6) is -1.39. The SMILES string of the molecule is CCSc1noc2ccc(F)c(C(=O)O)c12. The molecule has 0 saturated carbocycles. The summed E-state index contributed by atoms with van der Waals surface area (Å²) >= 11 is 1.32. The van der Waals surface area contributed by atoms with Gasteiger partial charge in [-0.3, -0.25) is 0 Å². The van der Waals surface area contributed by atoms with E-state index in [1.807, 2.05) is 6.92 Å². The van der Waals surface area contributed by atoms with Gasteiger partial charge in [0.25, 0.3) is 0 Å². The number of rotatable bonds is 3. The Kier molecular flexibility index (Phi) is 2.82. The second-order valence-corrected chi connectivity index (χ2v) is 4.27. The summed E-state index contributed by atoms with van der Waals surface area (Å²) in [5, 5.41) is 13.3. The maximum Gasteiger partial charge on any atom is 0.339 e. The minimum Gasteiger partial charge on any atom is -0.478 e. The molecule has 1 heterocycles. The molecule has 2 aromatic rings. The smallest absolute Gasteiger partial charge is 0.339 e. The molecule has 1 aromatic carbocycles. The van der Waals surface area contributed by atoms with E-state index in [9.17, 15) is 9.18 Å². The molecular formula is C10H8FNO3S. The van der Waals surface area contributed by atoms with Crippen LogP contribution in [0.1, 0.15) is 17.3 Å². The van der Waals surface area contributed by atoms with Crippen molar-refractivity contribution in [3.63, 3.8) is 0 Å². The normalized spacial score (nSPS) is 10.9. The molecule has 0 spiro atoms. The van der Waals surface area contributed by atoms with E-state index in [1.165, 1.54) is 17.8 Å². The predicted octanol–water partition coefficient (Wildman–Crippen LogP) is 2.78. The Morgan fingerprint density at radius 1 is 1.62 bits per heavy atom. The predicted molar refractivity (Wildman–Crippen MR) is 57.3 cm³/mol. The highest BCUT2D eigenvalue weighted by molar-refractivity contribution is 7.99. The van der Waals surface area contributed by atoms with Crippen molar-refractivity contribution in [3.05, 3.63) is 23.5 Å². The van der Waals surface area contributed by atoms with Crippen LogP contribution in [0.3, 0.4) is 0 Å². The van der Waals surface area contributed by atoms with Gasteiger partial charge in [-0.25, -0.2) is 9.18 Å². The first-order chi connectivity index (χ1) is 7.65. The van der Waals surface area contributed by atoms with Crippen molar-refractivity contribution in [2.75, 3.05) is 5.75 Å². The lowest BCUT2D eigenvalue weighted by Gasteiger charge is -1.99. The summed E-state index contributed by atoms with van der Waals surface area (Å²) in [5.41, 5.74) is -0.0931. The Balaban J connectivity index is 2.77. The van der Waals surface area contributed by atoms with Crippen LogP contribution in [-0.2, 0) is 0 Å². The van der Waals surface area contributed by atoms with E-state index in [-0.39, 0.29) is 16.5 Å². The van der Waals surface area contributed by atoms with Gasteiger partial charge in [0.2, 0.25) is 0 Å². The van der Waals surface area contributed by atoms with E-state index in [2.05, 4.69) is 5.16 Å². The van der Waals surface area contributed by atoms with Crippen LogP contribution in [0.25, 0.3) is 11.0 Å². The van der Waals surface area contributed by atoms with Crippen LogP contribution in [0.4, 0.5) is 4.39 Å². The van der Waals surface area contributed by atoms with E-state index >= 15 is 0 Å². The second-order valence-electron chi connectivity index (χ2n) is 3.02. The Bertz CT molecular complexity index is 552. The second kappa shape index (κ2) is 4.13. The van der Waals surface area contributed by atoms with Crippen LogP contribution in [0.5, 0.6) is 0 Å². The fraction of sp³-hybridized carbons (Fsp3) is 0.200. The van der Waals surface area contributed by atoms with E-state index in [0.717, 1.165) is 6.07 Å². The van der Waals surface area contributed by atoms with Gasteiger partial charge in [-0.05, 0) is 17.9 Å². The molecule has 6 heteroatoms. The van der Waals surface area contributed by atoms with Gasteiger partial charge < -0.3 is 9.63 Å². The van der Waals surface area contributed by atoms with Gasteiger partial charge in [0.1, 0.15) is 16.4 Å². The first-order valence-corrected chi connectivity index (χ1v) is 5.57. The van der Waals surface area contributed by atoms with Crippen molar-refractivity contribution in [2.24, 2.45) is 0 Å². The fourth-order valence-corrected chi connectivity index (χ4v) is 2.14. The van der Waals surface area contributed by atoms with Crippen LogP contribution in [0.2, 0.25) is 0 Å². The highest BCUT2D eigenvalue weighted by Crippen LogP contribution is 2.31. The summed E-state index contributed by atoms with van der Waals surface area (Å²) in [6.07, 6.45) is 0. The maximum atomic E-state index is 13.4. The first-order valence-electron chi connectivity index (χ1n) is 4.59. The highest BCUT2D eigenvalue weighted by atomic mass is 32.2. The first kappa shape index (κ1) is 10.9. The molecule has 0 atom stereocenters. The average molecular weight is 241 g/mol. The molecule has 16 heavy (non-hydrogen) atoms. The van der Waals surface area contributed by atoms with Gasteiger partial charge in [0.15, 0.2) is 5.58 Å². The molecule has 0 amide bonds. The number of carbonyl (C=O) groups is 1. The molecule has 0 radical (unpaired) electrons. The van der Waals surface area contributed by atoms with Gasteiger partial charge in [-0.1, -0.05) is 12.1 Å². The number of aromatic nitrogens is 1. The molecule has 0 aliphatic heterocycles. The number of hydrogen-bond donors (Lipinski definition) is 1. The number of thioether (sulfide) groups is 1. The van der Waals surface area contributed by atoms with Crippen molar-refractivity contribution >= 4 is 28.7 Å². The number of fused-ring (bicyclic) bond motifs is 1. The zero-order chi connectivity index (χ0) is 11.7. The highest BCUT2D eigenvalue weighted by Gasteiger charge is 2.21. The largest absolute Gasteiger partial charge is 0.478 e. The number of hydrogen-bond acceptors (Lipinski definition) is 4. The molecule has 2 rings (SSSR count). The summed E-state index contributed by atoms with van der Waals surface area (Å²) in [7, 11) is 0. The molecule has 84 valence electrons. The number of nitrogens with zero attached hydrogens (tertiary/aromatic N) is 1. The van der Waals surface area contributed by atoms with Gasteiger partial charge >= 0.3 is 5.97 Å². The number of benzene rings is 1. The average Bonchev–Trinajstić information content (AvgIpc) is 2.61. The number of halogens is 1. The van der Waals surface area contributed by atoms with Gasteiger partial charge in [-0.2, -0.15) is 0 Å². The zero-order valence-electron chi connectivity index (χ0n) is 8.36. The molecule has 0 aliphatic rings. The molecule has 4 nitrogen and oxygen atoms in total. The third-order valence-electron chi connectivity index (χ3n) is 2.05. The lowest BCUT2D eigenvalue weighted by Crippen LogP contribution is -2.01. The van der Waals surface area contributed by atoms with Gasteiger partial charge in [-0.15, -0.1) is 11.8 Å². The van der Waals surface area contributed by atoms with E-state index in [4.69, 9.17) is 9.63 Å². The summed E-state index contributed by atoms with van der Waals surface area (Å²) < 4.78 is 18.4. The topological polar surface area (TPSA) is 63.3 Å². The van der Waals surface area contributed by atoms with Crippen LogP contribution in [0, 0.1) is 5.82 Å². The maximum absolute atomic E-state index is 13.4. The number of carboxylic acid groups (broad SMARTS) is 1. The van der Waals surface area contributed by atoms with Crippen molar-refractivity contribution in [1.82, 2.24) is 5.16 Å². The summed E-state index contributed by atoms with van der Waals surface area (Å²) in [4.78, 5) is 11.0. The van der Waals surface area contributed by atoms with Crippen LogP contribution < -0.4 is 0 Å². The lowest BCUT2D eigenvalue weighted by molar-refractivity contribution is 0.0694. The Hall–Kier alpha value is -1.56. The molecule has 0 unspecified atom stereocenters. The minimum absolute atomic E-state index is 0.236. The monoisotopic (exact) mass is 241 g/mol. The molecule has 0 saturated heterocycles. The number of aromatic carboxylic acids is 1. The summed E-state index contributed by atoms with van der Waals surface area (Å²) in [6, 6.07) is 2.45. The molecular weight excluding hydrogens is 233 g/mol. The standard InChI is InChI=1S/C10H8FNO3S/c1-2-16-9-8-6(15-12-9)4-3-5(11)7(8)10(13)14/h3-4H,2H2,1H3,(H,13,14). The molecule has 1 aromatic heterocycles. The molecule has 0 aliphatic carbocycles. The lowest BCUT2D eigenvalue weighted by atomic mass is 10.1. The zero-order valence-corrected chi connectivity index (χ0v) is 9.18. The minimum atomic E-state index is -1.32. The van der Waals surface area contributed by atoms with Crippen LogP contribution >= 0.6 is 11.8 Å². The van der Waals surface area contributed by atoms with Gasteiger partial charge in [0.05, 0.1) is 5.39 Å². The molecule has 1 N–H and O–H groups in total. The Morgan fingerprint density at radius 3 is 3.00 bits per heavy atom. The van der Waals surface area contributed by atoms with E-state index < -0.39 is 11.8 Å². The van der Waals surface area contributed by atoms with E-state index in [1.54, 1.807) is 0 Å². The molecule has 0 bridgehead atoms. The summed E-state index contributed by atoms with van der Waals surface area (Å²) in [6.45, 7) is 1.89. The van der Waals surface area contributed by atoms with Crippen molar-refractivity contribution in [2.45, 2.75) is 11.9 Å².